The Morgan fingerprint density at radius 1 is 0.826 bits per heavy atom. The molecule has 0 spiro atoms. The molecule has 1 aliphatic carbocycles. The van der Waals surface area contributed by atoms with Crippen LogP contribution in [-0.2, 0) is 26.2 Å². The Labute approximate surface area is 272 Å². The molecule has 0 aromatic heterocycles. The summed E-state index contributed by atoms with van der Waals surface area (Å²) in [6.45, 7) is 3.43. The van der Waals surface area contributed by atoms with E-state index in [9.17, 15) is 18.0 Å². The first-order valence-electron chi connectivity index (χ1n) is 15.8. The van der Waals surface area contributed by atoms with Crippen molar-refractivity contribution in [2.75, 3.05) is 10.8 Å². The Bertz CT molecular complexity index is 1690. The van der Waals surface area contributed by atoms with Gasteiger partial charge in [-0.05, 0) is 80.3 Å². The Morgan fingerprint density at radius 2 is 1.41 bits per heavy atom. The second-order valence-electron chi connectivity index (χ2n) is 11.7. The monoisotopic (exact) mass is 639 g/mol. The molecular formula is C37H41N3O5S. The van der Waals surface area contributed by atoms with Crippen LogP contribution in [0.2, 0.25) is 0 Å². The highest BCUT2D eigenvalue weighted by molar-refractivity contribution is 7.92. The molecule has 0 radical (unpaired) electrons. The van der Waals surface area contributed by atoms with Crippen LogP contribution >= 0.6 is 0 Å². The van der Waals surface area contributed by atoms with Crippen LogP contribution in [0.1, 0.15) is 50.2 Å². The standard InChI is InChI=1S/C37H41N3O5S/c1-3-35(37(42)38-30-14-10-11-15-30)39(26-29-12-6-4-7-13-29)36(41)27-40(46(43,44)34-24-18-28(2)19-25-34)31-20-22-33(23-21-31)45-32-16-8-5-9-17-32/h4-9,12-13,16-25,30,35H,3,10-11,14-15,26-27H2,1-2H3,(H,38,42)/t35-/m0/s1. The first-order valence-corrected chi connectivity index (χ1v) is 17.2. The van der Waals surface area contributed by atoms with E-state index in [4.69, 9.17) is 4.74 Å². The average molecular weight is 640 g/mol. The van der Waals surface area contributed by atoms with Gasteiger partial charge in [-0.2, -0.15) is 0 Å². The second kappa shape index (κ2) is 15.1. The summed E-state index contributed by atoms with van der Waals surface area (Å²) in [5.41, 5.74) is 2.06. The minimum atomic E-state index is -4.17. The highest BCUT2D eigenvalue weighted by Gasteiger charge is 2.34. The van der Waals surface area contributed by atoms with E-state index in [-0.39, 0.29) is 23.4 Å². The number of nitrogens with zero attached hydrogens (tertiary/aromatic N) is 2. The van der Waals surface area contributed by atoms with Gasteiger partial charge in [-0.1, -0.05) is 86.0 Å². The number of para-hydroxylation sites is 1. The van der Waals surface area contributed by atoms with Crippen molar-refractivity contribution in [2.24, 2.45) is 0 Å². The zero-order valence-electron chi connectivity index (χ0n) is 26.3. The molecule has 0 saturated heterocycles. The van der Waals surface area contributed by atoms with Gasteiger partial charge in [0.15, 0.2) is 0 Å². The summed E-state index contributed by atoms with van der Waals surface area (Å²) in [4.78, 5) is 29.5. The third-order valence-electron chi connectivity index (χ3n) is 8.27. The summed E-state index contributed by atoms with van der Waals surface area (Å²) >= 11 is 0. The summed E-state index contributed by atoms with van der Waals surface area (Å²) in [5, 5.41) is 3.14. The molecule has 1 atom stereocenters. The number of anilines is 1. The zero-order valence-corrected chi connectivity index (χ0v) is 27.2. The maximum atomic E-state index is 14.3. The maximum Gasteiger partial charge on any atom is 0.264 e. The third kappa shape index (κ3) is 8.14. The molecule has 4 aromatic carbocycles. The van der Waals surface area contributed by atoms with Gasteiger partial charge in [-0.15, -0.1) is 0 Å². The quantitative estimate of drug-likeness (QED) is 0.173. The molecule has 2 amide bonds. The van der Waals surface area contributed by atoms with Crippen LogP contribution < -0.4 is 14.4 Å². The molecule has 240 valence electrons. The number of benzene rings is 4. The number of amides is 2. The predicted molar refractivity (Wildman–Crippen MR) is 180 cm³/mol. The van der Waals surface area contributed by atoms with E-state index in [0.29, 0.717) is 23.6 Å². The summed E-state index contributed by atoms with van der Waals surface area (Å²) in [6, 6.07) is 31.2. The van der Waals surface area contributed by atoms with E-state index in [1.54, 1.807) is 48.5 Å². The molecule has 0 heterocycles. The molecular weight excluding hydrogens is 598 g/mol. The summed E-state index contributed by atoms with van der Waals surface area (Å²) in [6.07, 6.45) is 4.35. The molecule has 46 heavy (non-hydrogen) atoms. The summed E-state index contributed by atoms with van der Waals surface area (Å²) < 4.78 is 35.4. The first-order chi connectivity index (χ1) is 22.2. The fourth-order valence-corrected chi connectivity index (χ4v) is 7.15. The number of ether oxygens (including phenoxy) is 1. The smallest absolute Gasteiger partial charge is 0.264 e. The van der Waals surface area contributed by atoms with Gasteiger partial charge in [0.05, 0.1) is 10.6 Å². The van der Waals surface area contributed by atoms with Crippen molar-refractivity contribution in [1.82, 2.24) is 10.2 Å². The molecule has 4 aromatic rings. The molecule has 5 rings (SSSR count). The van der Waals surface area contributed by atoms with Crippen molar-refractivity contribution in [3.05, 3.63) is 120 Å². The number of carbonyl (C=O) groups is 2. The van der Waals surface area contributed by atoms with E-state index in [1.165, 1.54) is 4.90 Å². The lowest BCUT2D eigenvalue weighted by molar-refractivity contribution is -0.140. The van der Waals surface area contributed by atoms with Gasteiger partial charge >= 0.3 is 0 Å². The zero-order chi connectivity index (χ0) is 32.5. The lowest BCUT2D eigenvalue weighted by Gasteiger charge is -2.33. The SMILES string of the molecule is CC[C@@H](C(=O)NC1CCCC1)N(Cc1ccccc1)C(=O)CN(c1ccc(Oc2ccccc2)cc1)S(=O)(=O)c1ccc(C)cc1. The van der Waals surface area contributed by atoms with Gasteiger partial charge in [0.2, 0.25) is 11.8 Å². The van der Waals surface area contributed by atoms with Crippen LogP contribution in [0.3, 0.4) is 0 Å². The number of nitrogens with one attached hydrogen (secondary N) is 1. The number of carbonyl (C=O) groups excluding carboxylic acids is 2. The van der Waals surface area contributed by atoms with Gasteiger partial charge < -0.3 is 15.0 Å². The summed E-state index contributed by atoms with van der Waals surface area (Å²) in [7, 11) is -4.17. The van der Waals surface area contributed by atoms with Crippen molar-refractivity contribution >= 4 is 27.5 Å². The van der Waals surface area contributed by atoms with Crippen LogP contribution in [0.4, 0.5) is 5.69 Å². The van der Waals surface area contributed by atoms with Crippen LogP contribution in [-0.4, -0.2) is 43.8 Å². The molecule has 9 heteroatoms. The van der Waals surface area contributed by atoms with Crippen LogP contribution in [0.15, 0.2) is 114 Å². The topological polar surface area (TPSA) is 96.0 Å². The van der Waals surface area contributed by atoms with Gasteiger partial charge in [-0.25, -0.2) is 8.42 Å². The Hall–Kier alpha value is -4.63. The average Bonchev–Trinajstić information content (AvgIpc) is 3.58. The van der Waals surface area contributed by atoms with E-state index >= 15 is 0 Å². The number of rotatable bonds is 13. The van der Waals surface area contributed by atoms with E-state index < -0.39 is 28.5 Å². The lowest BCUT2D eigenvalue weighted by Crippen LogP contribution is -2.53. The second-order valence-corrected chi connectivity index (χ2v) is 13.5. The molecule has 1 fully saturated rings. The van der Waals surface area contributed by atoms with E-state index in [0.717, 1.165) is 41.1 Å². The first kappa shape index (κ1) is 32.8. The van der Waals surface area contributed by atoms with E-state index in [1.807, 2.05) is 74.5 Å². The van der Waals surface area contributed by atoms with Crippen molar-refractivity contribution in [3.63, 3.8) is 0 Å². The highest BCUT2D eigenvalue weighted by Crippen LogP contribution is 2.29. The van der Waals surface area contributed by atoms with Crippen LogP contribution in [0.25, 0.3) is 0 Å². The van der Waals surface area contributed by atoms with Crippen molar-refractivity contribution in [3.8, 4) is 11.5 Å². The predicted octanol–water partition coefficient (Wildman–Crippen LogP) is 6.85. The van der Waals surface area contributed by atoms with Gasteiger partial charge in [0, 0.05) is 12.6 Å². The molecule has 1 aliphatic rings. The number of aryl methyl sites for hydroxylation is 1. The minimum absolute atomic E-state index is 0.0659. The van der Waals surface area contributed by atoms with Crippen LogP contribution in [0.5, 0.6) is 11.5 Å². The molecule has 1 saturated carbocycles. The Morgan fingerprint density at radius 3 is 2.02 bits per heavy atom. The van der Waals surface area contributed by atoms with Crippen LogP contribution in [0, 0.1) is 6.92 Å². The summed E-state index contributed by atoms with van der Waals surface area (Å²) in [5.74, 6) is 0.480. The van der Waals surface area contributed by atoms with Crippen molar-refractivity contribution in [1.29, 1.82) is 0 Å². The van der Waals surface area contributed by atoms with Crippen molar-refractivity contribution < 1.29 is 22.7 Å². The Balaban J connectivity index is 1.48. The molecule has 0 bridgehead atoms. The highest BCUT2D eigenvalue weighted by atomic mass is 32.2. The third-order valence-corrected chi connectivity index (χ3v) is 10.1. The van der Waals surface area contributed by atoms with Gasteiger partial charge in [0.1, 0.15) is 24.1 Å². The number of sulfonamides is 1. The fourth-order valence-electron chi connectivity index (χ4n) is 5.74. The number of hydrogen-bond donors (Lipinski definition) is 1. The molecule has 1 N–H and O–H groups in total. The number of hydrogen-bond acceptors (Lipinski definition) is 5. The normalized spacial score (nSPS) is 14.0. The van der Waals surface area contributed by atoms with Gasteiger partial charge in [-0.3, -0.25) is 13.9 Å². The lowest BCUT2D eigenvalue weighted by atomic mass is 10.1. The van der Waals surface area contributed by atoms with E-state index in [2.05, 4.69) is 5.32 Å². The molecule has 0 aliphatic heterocycles. The maximum absolute atomic E-state index is 14.3. The fraction of sp³-hybridized carbons (Fsp3) is 0.297. The minimum Gasteiger partial charge on any atom is -0.457 e. The van der Waals surface area contributed by atoms with Crippen molar-refractivity contribution in [2.45, 2.75) is 69.5 Å². The molecule has 8 nitrogen and oxygen atoms in total. The largest absolute Gasteiger partial charge is 0.457 e. The Kier molecular flexibility index (Phi) is 10.8. The molecule has 0 unspecified atom stereocenters. The van der Waals surface area contributed by atoms with Gasteiger partial charge in [0.25, 0.3) is 10.0 Å².